The van der Waals surface area contributed by atoms with E-state index in [-0.39, 0.29) is 0 Å². The summed E-state index contributed by atoms with van der Waals surface area (Å²) in [5.74, 6) is 0. The van der Waals surface area contributed by atoms with E-state index in [1.54, 1.807) is 0 Å². The maximum atomic E-state index is 8.52. The van der Waals surface area contributed by atoms with Gasteiger partial charge in [-0.2, -0.15) is 0 Å². The van der Waals surface area contributed by atoms with Crippen molar-refractivity contribution in [3.8, 4) is 0 Å². The molecule has 0 fully saturated rings. The molecule has 0 atom stereocenters. The van der Waals surface area contributed by atoms with Gasteiger partial charge in [0.2, 0.25) is 0 Å². The van der Waals surface area contributed by atoms with E-state index in [0.717, 1.165) is 25.7 Å². The molecular formula is C12H22O. The third kappa shape index (κ3) is 11.5. The lowest BCUT2D eigenvalue weighted by Crippen LogP contribution is -1.79. The van der Waals surface area contributed by atoms with Gasteiger partial charge in [0.25, 0.3) is 0 Å². The highest BCUT2D eigenvalue weighted by Gasteiger charge is 1.81. The lowest BCUT2D eigenvalue weighted by molar-refractivity contribution is 0.285. The average Bonchev–Trinajstić information content (AvgIpc) is 2.16. The monoisotopic (exact) mass is 182 g/mol. The minimum atomic E-state index is 0.314. The fourth-order valence-electron chi connectivity index (χ4n) is 1.10. The number of rotatable bonds is 8. The van der Waals surface area contributed by atoms with Crippen LogP contribution in [-0.2, 0) is 0 Å². The molecule has 0 heterocycles. The molecule has 0 aliphatic rings. The quantitative estimate of drug-likeness (QED) is 0.450. The molecule has 0 saturated carbocycles. The van der Waals surface area contributed by atoms with Crippen LogP contribution in [-0.4, -0.2) is 11.7 Å². The molecule has 0 aliphatic heterocycles. The van der Waals surface area contributed by atoms with Crippen LogP contribution in [0.4, 0.5) is 0 Å². The van der Waals surface area contributed by atoms with Gasteiger partial charge in [-0.15, -0.1) is 5.73 Å². The standard InChI is InChI=1S/C12H22O/c1-2-3-4-5-6-7-8-9-10-11-12-13/h6,8,13H,2-5,9-12H2,1H3. The molecule has 0 rings (SSSR count). The van der Waals surface area contributed by atoms with Gasteiger partial charge in [0.15, 0.2) is 0 Å². The van der Waals surface area contributed by atoms with Crippen molar-refractivity contribution in [2.75, 3.05) is 6.61 Å². The molecule has 13 heavy (non-hydrogen) atoms. The zero-order valence-corrected chi connectivity index (χ0v) is 8.76. The molecule has 0 bridgehead atoms. The van der Waals surface area contributed by atoms with Crippen molar-refractivity contribution in [2.24, 2.45) is 0 Å². The first kappa shape index (κ1) is 12.5. The number of aliphatic hydroxyl groups excluding tert-OH is 1. The highest BCUT2D eigenvalue weighted by atomic mass is 16.2. The van der Waals surface area contributed by atoms with Gasteiger partial charge in [0.1, 0.15) is 0 Å². The van der Waals surface area contributed by atoms with Gasteiger partial charge in [0, 0.05) is 6.61 Å². The second kappa shape index (κ2) is 11.5. The lowest BCUT2D eigenvalue weighted by Gasteiger charge is -1.89. The molecule has 0 amide bonds. The van der Waals surface area contributed by atoms with Gasteiger partial charge in [-0.1, -0.05) is 19.8 Å². The van der Waals surface area contributed by atoms with E-state index in [9.17, 15) is 0 Å². The Labute approximate surface area is 82.2 Å². The van der Waals surface area contributed by atoms with E-state index in [1.165, 1.54) is 19.3 Å². The van der Waals surface area contributed by atoms with Gasteiger partial charge < -0.3 is 5.11 Å². The minimum Gasteiger partial charge on any atom is -0.396 e. The fraction of sp³-hybridized carbons (Fsp3) is 0.750. The normalized spacial score (nSPS) is 9.38. The van der Waals surface area contributed by atoms with Gasteiger partial charge in [-0.25, -0.2) is 0 Å². The molecule has 0 aromatic carbocycles. The second-order valence-corrected chi connectivity index (χ2v) is 3.29. The van der Waals surface area contributed by atoms with E-state index in [2.05, 4.69) is 24.8 Å². The topological polar surface area (TPSA) is 20.2 Å². The van der Waals surface area contributed by atoms with Crippen LogP contribution < -0.4 is 0 Å². The molecule has 1 N–H and O–H groups in total. The Kier molecular flexibility index (Phi) is 11.0. The summed E-state index contributed by atoms with van der Waals surface area (Å²) in [6.07, 6.45) is 12.3. The molecule has 1 heteroatoms. The predicted octanol–water partition coefficient (Wildman–Crippen LogP) is 3.44. The van der Waals surface area contributed by atoms with E-state index >= 15 is 0 Å². The van der Waals surface area contributed by atoms with Crippen molar-refractivity contribution in [1.82, 2.24) is 0 Å². The summed E-state index contributed by atoms with van der Waals surface area (Å²) < 4.78 is 0. The predicted molar refractivity (Wildman–Crippen MR) is 57.7 cm³/mol. The number of allylic oxidation sites excluding steroid dienone is 1. The third-order valence-electron chi connectivity index (χ3n) is 1.94. The first-order valence-electron chi connectivity index (χ1n) is 5.42. The lowest BCUT2D eigenvalue weighted by atomic mass is 10.2. The Morgan fingerprint density at radius 2 is 1.62 bits per heavy atom. The average molecular weight is 182 g/mol. The van der Waals surface area contributed by atoms with Crippen molar-refractivity contribution < 1.29 is 5.11 Å². The van der Waals surface area contributed by atoms with Crippen LogP contribution in [0, 0.1) is 0 Å². The summed E-state index contributed by atoms with van der Waals surface area (Å²) >= 11 is 0. The number of hydrogen-bond acceptors (Lipinski definition) is 1. The van der Waals surface area contributed by atoms with E-state index in [4.69, 9.17) is 5.11 Å². The highest BCUT2D eigenvalue weighted by Crippen LogP contribution is 1.99. The minimum absolute atomic E-state index is 0.314. The van der Waals surface area contributed by atoms with Crippen LogP contribution in [0.5, 0.6) is 0 Å². The molecule has 0 saturated heterocycles. The van der Waals surface area contributed by atoms with E-state index < -0.39 is 0 Å². The fourth-order valence-corrected chi connectivity index (χ4v) is 1.10. The summed E-state index contributed by atoms with van der Waals surface area (Å²) in [7, 11) is 0. The maximum absolute atomic E-state index is 8.52. The molecule has 1 nitrogen and oxygen atoms in total. The van der Waals surface area contributed by atoms with E-state index in [0.29, 0.717) is 6.61 Å². The Bertz CT molecular complexity index is 129. The largest absolute Gasteiger partial charge is 0.396 e. The molecule has 0 aromatic heterocycles. The van der Waals surface area contributed by atoms with Crippen LogP contribution in [0.2, 0.25) is 0 Å². The Morgan fingerprint density at radius 3 is 2.15 bits per heavy atom. The van der Waals surface area contributed by atoms with Gasteiger partial charge in [-0.05, 0) is 44.3 Å². The first-order chi connectivity index (χ1) is 6.41. The Morgan fingerprint density at radius 1 is 1.00 bits per heavy atom. The molecule has 76 valence electrons. The van der Waals surface area contributed by atoms with Crippen molar-refractivity contribution in [3.05, 3.63) is 17.9 Å². The first-order valence-corrected chi connectivity index (χ1v) is 5.42. The maximum Gasteiger partial charge on any atom is 0.0431 e. The summed E-state index contributed by atoms with van der Waals surface area (Å²) in [6, 6.07) is 0. The van der Waals surface area contributed by atoms with Crippen LogP contribution in [0.25, 0.3) is 0 Å². The van der Waals surface area contributed by atoms with Crippen LogP contribution in [0.15, 0.2) is 17.9 Å². The van der Waals surface area contributed by atoms with E-state index in [1.807, 2.05) is 0 Å². The number of hydrogen-bond donors (Lipinski definition) is 1. The smallest absolute Gasteiger partial charge is 0.0431 e. The molecule has 0 spiro atoms. The Balaban J connectivity index is 3.16. The van der Waals surface area contributed by atoms with Crippen molar-refractivity contribution in [2.45, 2.75) is 51.9 Å². The van der Waals surface area contributed by atoms with Crippen LogP contribution in [0.3, 0.4) is 0 Å². The highest BCUT2D eigenvalue weighted by molar-refractivity contribution is 4.84. The summed E-state index contributed by atoms with van der Waals surface area (Å²) in [6.45, 7) is 2.53. The zero-order chi connectivity index (χ0) is 9.78. The zero-order valence-electron chi connectivity index (χ0n) is 8.76. The third-order valence-corrected chi connectivity index (χ3v) is 1.94. The molecular weight excluding hydrogens is 160 g/mol. The van der Waals surface area contributed by atoms with Crippen molar-refractivity contribution in [1.29, 1.82) is 0 Å². The molecule has 0 unspecified atom stereocenters. The van der Waals surface area contributed by atoms with Crippen LogP contribution >= 0.6 is 0 Å². The van der Waals surface area contributed by atoms with Gasteiger partial charge >= 0.3 is 0 Å². The van der Waals surface area contributed by atoms with Crippen molar-refractivity contribution >= 4 is 0 Å². The summed E-state index contributed by atoms with van der Waals surface area (Å²) in [4.78, 5) is 0. The van der Waals surface area contributed by atoms with Crippen LogP contribution in [0.1, 0.15) is 51.9 Å². The van der Waals surface area contributed by atoms with Gasteiger partial charge in [0.05, 0.1) is 0 Å². The molecule has 0 aromatic rings. The number of aliphatic hydroxyl groups is 1. The number of unbranched alkanes of at least 4 members (excludes halogenated alkanes) is 5. The molecule has 0 aliphatic carbocycles. The Hall–Kier alpha value is -0.520. The second-order valence-electron chi connectivity index (χ2n) is 3.29. The SMILES string of the molecule is CCCCCC=C=CCCCCO. The summed E-state index contributed by atoms with van der Waals surface area (Å²) in [5.41, 5.74) is 3.17. The summed E-state index contributed by atoms with van der Waals surface area (Å²) in [5, 5.41) is 8.52. The van der Waals surface area contributed by atoms with Gasteiger partial charge in [-0.3, -0.25) is 0 Å². The van der Waals surface area contributed by atoms with Crippen molar-refractivity contribution in [3.63, 3.8) is 0 Å². The molecule has 0 radical (unpaired) electrons.